The Kier molecular flexibility index (Phi) is 5.66. The van der Waals surface area contributed by atoms with Crippen molar-refractivity contribution in [1.29, 1.82) is 0 Å². The zero-order valence-electron chi connectivity index (χ0n) is 9.39. The fourth-order valence-corrected chi connectivity index (χ4v) is 1.30. The van der Waals surface area contributed by atoms with Crippen LogP contribution in [0.2, 0.25) is 10.6 Å². The summed E-state index contributed by atoms with van der Waals surface area (Å²) < 4.78 is 5.31. The molecule has 0 aliphatic rings. The summed E-state index contributed by atoms with van der Waals surface area (Å²) in [5, 5.41) is 0.00172. The predicted molar refractivity (Wildman–Crippen MR) is 67.7 cm³/mol. The van der Waals surface area contributed by atoms with Gasteiger partial charge in [0, 0.05) is 0 Å². The van der Waals surface area contributed by atoms with E-state index in [9.17, 15) is 0 Å². The fourth-order valence-electron chi connectivity index (χ4n) is 0.949. The molecule has 2 rings (SSSR count). The molecule has 0 unspecified atom stereocenters. The molecule has 1 aromatic carbocycles. The Bertz CT molecular complexity index is 445. The molecule has 0 radical (unpaired) electrons. The molecule has 0 aliphatic carbocycles. The van der Waals surface area contributed by atoms with E-state index in [4.69, 9.17) is 27.9 Å². The summed E-state index contributed by atoms with van der Waals surface area (Å²) in [7, 11) is 0. The van der Waals surface area contributed by atoms with E-state index in [1.54, 1.807) is 12.1 Å². The highest BCUT2D eigenvalue weighted by molar-refractivity contribution is 6.31. The Hall–Kier alpha value is -1.39. The van der Waals surface area contributed by atoms with E-state index in [2.05, 4.69) is 15.0 Å². The summed E-state index contributed by atoms with van der Waals surface area (Å²) in [5.74, 6) is 0.607. The molecule has 90 valence electrons. The van der Waals surface area contributed by atoms with E-state index in [1.807, 2.05) is 32.0 Å². The van der Waals surface area contributed by atoms with E-state index in [-0.39, 0.29) is 16.6 Å². The van der Waals surface area contributed by atoms with E-state index in [0.29, 0.717) is 5.75 Å². The molecule has 0 bridgehead atoms. The van der Waals surface area contributed by atoms with Gasteiger partial charge in [-0.15, -0.1) is 0 Å². The van der Waals surface area contributed by atoms with Gasteiger partial charge in [-0.05, 0) is 35.3 Å². The fraction of sp³-hybridized carbons (Fsp3) is 0.182. The van der Waals surface area contributed by atoms with Crippen LogP contribution in [-0.2, 0) is 0 Å². The number of nitrogens with zero attached hydrogens (tertiary/aromatic N) is 3. The number of halogens is 2. The maximum absolute atomic E-state index is 5.59. The molecular formula is C11H11Cl2N3O. The number of aromatic nitrogens is 3. The van der Waals surface area contributed by atoms with Crippen LogP contribution in [0, 0.1) is 0 Å². The predicted octanol–water partition coefficient (Wildman–Crippen LogP) is 4.00. The molecule has 0 fully saturated rings. The zero-order valence-corrected chi connectivity index (χ0v) is 10.9. The molecule has 1 aromatic heterocycles. The maximum atomic E-state index is 5.59. The average molecular weight is 272 g/mol. The van der Waals surface area contributed by atoms with Crippen molar-refractivity contribution in [3.05, 3.63) is 40.9 Å². The summed E-state index contributed by atoms with van der Waals surface area (Å²) in [5.41, 5.74) is 0. The SMILES string of the molecule is CC.Clc1nc(Cl)nc(Oc2ccccc2)n1. The van der Waals surface area contributed by atoms with Crippen LogP contribution < -0.4 is 4.74 Å². The number of hydrogen-bond acceptors (Lipinski definition) is 4. The second-order valence-electron chi connectivity index (χ2n) is 2.57. The van der Waals surface area contributed by atoms with Crippen molar-refractivity contribution in [2.75, 3.05) is 0 Å². The molecule has 0 N–H and O–H groups in total. The van der Waals surface area contributed by atoms with Crippen molar-refractivity contribution in [2.45, 2.75) is 13.8 Å². The molecule has 0 spiro atoms. The van der Waals surface area contributed by atoms with Gasteiger partial charge in [0.15, 0.2) is 0 Å². The van der Waals surface area contributed by atoms with Crippen LogP contribution >= 0.6 is 23.2 Å². The largest absolute Gasteiger partial charge is 0.424 e. The van der Waals surface area contributed by atoms with Gasteiger partial charge in [-0.1, -0.05) is 32.0 Å². The summed E-state index contributed by atoms with van der Waals surface area (Å²) in [6, 6.07) is 9.16. The van der Waals surface area contributed by atoms with Crippen molar-refractivity contribution in [1.82, 2.24) is 15.0 Å². The van der Waals surface area contributed by atoms with Crippen molar-refractivity contribution in [3.63, 3.8) is 0 Å². The van der Waals surface area contributed by atoms with Gasteiger partial charge in [-0.2, -0.15) is 15.0 Å². The van der Waals surface area contributed by atoms with E-state index in [0.717, 1.165) is 0 Å². The van der Waals surface area contributed by atoms with Crippen LogP contribution in [-0.4, -0.2) is 15.0 Å². The molecule has 6 heteroatoms. The van der Waals surface area contributed by atoms with Gasteiger partial charge in [-0.25, -0.2) is 0 Å². The lowest BCUT2D eigenvalue weighted by atomic mass is 10.3. The molecule has 0 saturated heterocycles. The van der Waals surface area contributed by atoms with E-state index >= 15 is 0 Å². The maximum Gasteiger partial charge on any atom is 0.327 e. The summed E-state index contributed by atoms with van der Waals surface area (Å²) in [4.78, 5) is 11.1. The minimum Gasteiger partial charge on any atom is -0.424 e. The van der Waals surface area contributed by atoms with Crippen LogP contribution in [0.5, 0.6) is 11.8 Å². The molecule has 0 atom stereocenters. The summed E-state index contributed by atoms with van der Waals surface area (Å²) >= 11 is 11.2. The Morgan fingerprint density at radius 2 is 1.41 bits per heavy atom. The summed E-state index contributed by atoms with van der Waals surface area (Å²) in [6.07, 6.45) is 0. The molecule has 0 saturated carbocycles. The Morgan fingerprint density at radius 3 is 1.94 bits per heavy atom. The van der Waals surface area contributed by atoms with Gasteiger partial charge in [-0.3, -0.25) is 0 Å². The Balaban J connectivity index is 0.000000686. The third-order valence-electron chi connectivity index (χ3n) is 1.51. The smallest absolute Gasteiger partial charge is 0.327 e. The average Bonchev–Trinajstić information content (AvgIpc) is 2.31. The number of rotatable bonds is 2. The lowest BCUT2D eigenvalue weighted by Gasteiger charge is -2.02. The molecular weight excluding hydrogens is 261 g/mol. The molecule has 0 aliphatic heterocycles. The third kappa shape index (κ3) is 4.54. The Morgan fingerprint density at radius 1 is 0.882 bits per heavy atom. The second kappa shape index (κ2) is 7.04. The Labute approximate surface area is 110 Å². The highest BCUT2D eigenvalue weighted by Crippen LogP contribution is 2.18. The first kappa shape index (κ1) is 13.7. The number of ether oxygens (including phenoxy) is 1. The monoisotopic (exact) mass is 271 g/mol. The quantitative estimate of drug-likeness (QED) is 0.829. The van der Waals surface area contributed by atoms with Gasteiger partial charge >= 0.3 is 6.01 Å². The molecule has 0 amide bonds. The number of hydrogen-bond donors (Lipinski definition) is 0. The molecule has 1 heterocycles. The first-order valence-electron chi connectivity index (χ1n) is 5.04. The third-order valence-corrected chi connectivity index (χ3v) is 1.85. The molecule has 4 nitrogen and oxygen atoms in total. The first-order valence-corrected chi connectivity index (χ1v) is 5.79. The minimum absolute atomic E-state index is 0.000862. The van der Waals surface area contributed by atoms with Crippen LogP contribution in [0.1, 0.15) is 13.8 Å². The zero-order chi connectivity index (χ0) is 12.7. The highest BCUT2D eigenvalue weighted by Gasteiger charge is 2.04. The van der Waals surface area contributed by atoms with Crippen molar-refractivity contribution in [2.24, 2.45) is 0 Å². The number of benzene rings is 1. The van der Waals surface area contributed by atoms with Gasteiger partial charge < -0.3 is 4.74 Å². The van der Waals surface area contributed by atoms with Gasteiger partial charge in [0.1, 0.15) is 5.75 Å². The van der Waals surface area contributed by atoms with Gasteiger partial charge in [0.2, 0.25) is 10.6 Å². The minimum atomic E-state index is 0.000862. The number of para-hydroxylation sites is 1. The lowest BCUT2D eigenvalue weighted by molar-refractivity contribution is 0.439. The summed E-state index contributed by atoms with van der Waals surface area (Å²) in [6.45, 7) is 4.00. The van der Waals surface area contributed by atoms with E-state index in [1.165, 1.54) is 0 Å². The molecule has 17 heavy (non-hydrogen) atoms. The standard InChI is InChI=1S/C9H5Cl2N3O.C2H6/c10-7-12-8(11)14-9(13-7)15-6-4-2-1-3-5-6;1-2/h1-5H;1-2H3. The van der Waals surface area contributed by atoms with Crippen LogP contribution in [0.25, 0.3) is 0 Å². The second-order valence-corrected chi connectivity index (χ2v) is 3.25. The topological polar surface area (TPSA) is 47.9 Å². The van der Waals surface area contributed by atoms with Gasteiger partial charge in [0.05, 0.1) is 0 Å². The van der Waals surface area contributed by atoms with Crippen LogP contribution in [0.4, 0.5) is 0 Å². The van der Waals surface area contributed by atoms with Crippen molar-refractivity contribution >= 4 is 23.2 Å². The van der Waals surface area contributed by atoms with E-state index < -0.39 is 0 Å². The first-order chi connectivity index (χ1) is 8.24. The van der Waals surface area contributed by atoms with Crippen LogP contribution in [0.3, 0.4) is 0 Å². The normalized spacial score (nSPS) is 9.18. The van der Waals surface area contributed by atoms with Crippen molar-refractivity contribution in [3.8, 4) is 11.8 Å². The highest BCUT2D eigenvalue weighted by atomic mass is 35.5. The lowest BCUT2D eigenvalue weighted by Crippen LogP contribution is -1.94. The van der Waals surface area contributed by atoms with Crippen LogP contribution in [0.15, 0.2) is 30.3 Å². The molecule has 2 aromatic rings. The van der Waals surface area contributed by atoms with Crippen molar-refractivity contribution < 1.29 is 4.74 Å². The van der Waals surface area contributed by atoms with Gasteiger partial charge in [0.25, 0.3) is 0 Å².